The van der Waals surface area contributed by atoms with Gasteiger partial charge in [-0.3, -0.25) is 4.98 Å². The third-order valence-corrected chi connectivity index (χ3v) is 3.25. The van der Waals surface area contributed by atoms with Crippen LogP contribution in [0.4, 0.5) is 10.2 Å². The Hall–Kier alpha value is -1.53. The number of rotatable bonds is 6. The highest BCUT2D eigenvalue weighted by Gasteiger charge is 2.14. The summed E-state index contributed by atoms with van der Waals surface area (Å²) in [5, 5.41) is 0. The van der Waals surface area contributed by atoms with E-state index in [1.54, 1.807) is 18.6 Å². The standard InChI is InChI=1S/C14H16BrFN4/c15-12-7-13(16)14(19-9-12)20(6-2-4-17)10-11-3-1-5-18-8-11/h1,3,5,7-9H,2,4,6,10,17H2. The van der Waals surface area contributed by atoms with Crippen LogP contribution in [0.2, 0.25) is 0 Å². The van der Waals surface area contributed by atoms with Crippen molar-refractivity contribution >= 4 is 21.7 Å². The van der Waals surface area contributed by atoms with Crippen molar-refractivity contribution in [1.29, 1.82) is 0 Å². The van der Waals surface area contributed by atoms with Gasteiger partial charge in [0.1, 0.15) is 0 Å². The molecule has 0 radical (unpaired) electrons. The van der Waals surface area contributed by atoms with E-state index < -0.39 is 0 Å². The molecule has 2 aromatic rings. The molecule has 2 aromatic heterocycles. The molecule has 0 saturated heterocycles. The molecule has 0 amide bonds. The summed E-state index contributed by atoms with van der Waals surface area (Å²) in [5.74, 6) is -0.00853. The molecule has 6 heteroatoms. The summed E-state index contributed by atoms with van der Waals surface area (Å²) < 4.78 is 14.7. The van der Waals surface area contributed by atoms with Gasteiger partial charge in [0, 0.05) is 36.2 Å². The zero-order valence-electron chi connectivity index (χ0n) is 11.0. The number of halogens is 2. The first-order valence-corrected chi connectivity index (χ1v) is 7.15. The monoisotopic (exact) mass is 338 g/mol. The van der Waals surface area contributed by atoms with E-state index in [-0.39, 0.29) is 5.82 Å². The number of nitrogens with zero attached hydrogens (tertiary/aromatic N) is 3. The number of hydrogen-bond acceptors (Lipinski definition) is 4. The van der Waals surface area contributed by atoms with E-state index in [1.807, 2.05) is 17.0 Å². The molecular weight excluding hydrogens is 323 g/mol. The molecule has 2 N–H and O–H groups in total. The van der Waals surface area contributed by atoms with Crippen LogP contribution in [0.15, 0.2) is 41.3 Å². The van der Waals surface area contributed by atoms with Crippen LogP contribution in [-0.2, 0) is 6.54 Å². The molecule has 20 heavy (non-hydrogen) atoms. The first-order valence-electron chi connectivity index (χ1n) is 6.35. The predicted molar refractivity (Wildman–Crippen MR) is 80.9 cm³/mol. The van der Waals surface area contributed by atoms with Gasteiger partial charge in [0.05, 0.1) is 0 Å². The highest BCUT2D eigenvalue weighted by Crippen LogP contribution is 2.21. The van der Waals surface area contributed by atoms with Crippen LogP contribution in [0.5, 0.6) is 0 Å². The molecule has 2 heterocycles. The van der Waals surface area contributed by atoms with Gasteiger partial charge < -0.3 is 10.6 Å². The maximum atomic E-state index is 14.0. The first kappa shape index (κ1) is 14.9. The minimum absolute atomic E-state index is 0.338. The second-order valence-electron chi connectivity index (χ2n) is 4.38. The largest absolute Gasteiger partial charge is 0.350 e. The maximum absolute atomic E-state index is 14.0. The van der Waals surface area contributed by atoms with Gasteiger partial charge in [0.15, 0.2) is 11.6 Å². The van der Waals surface area contributed by atoms with Crippen molar-refractivity contribution in [2.45, 2.75) is 13.0 Å². The van der Waals surface area contributed by atoms with Crippen LogP contribution >= 0.6 is 15.9 Å². The van der Waals surface area contributed by atoms with E-state index in [1.165, 1.54) is 6.07 Å². The van der Waals surface area contributed by atoms with E-state index in [9.17, 15) is 4.39 Å². The fourth-order valence-electron chi connectivity index (χ4n) is 1.89. The highest BCUT2D eigenvalue weighted by molar-refractivity contribution is 9.10. The van der Waals surface area contributed by atoms with Crippen LogP contribution in [0.3, 0.4) is 0 Å². The fourth-order valence-corrected chi connectivity index (χ4v) is 2.20. The normalized spacial score (nSPS) is 10.6. The lowest BCUT2D eigenvalue weighted by Crippen LogP contribution is -2.27. The quantitative estimate of drug-likeness (QED) is 0.879. The number of aromatic nitrogens is 2. The lowest BCUT2D eigenvalue weighted by molar-refractivity contribution is 0.602. The second kappa shape index (κ2) is 7.31. The number of pyridine rings is 2. The molecule has 4 nitrogen and oxygen atoms in total. The molecule has 0 spiro atoms. The zero-order valence-corrected chi connectivity index (χ0v) is 12.6. The summed E-state index contributed by atoms with van der Waals surface area (Å²) in [4.78, 5) is 10.1. The Balaban J connectivity index is 2.22. The zero-order chi connectivity index (χ0) is 14.4. The average Bonchev–Trinajstić information content (AvgIpc) is 2.45. The Morgan fingerprint density at radius 1 is 1.35 bits per heavy atom. The van der Waals surface area contributed by atoms with Crippen molar-refractivity contribution in [3.63, 3.8) is 0 Å². The van der Waals surface area contributed by atoms with E-state index in [0.29, 0.717) is 29.9 Å². The summed E-state index contributed by atoms with van der Waals surface area (Å²) in [5.41, 5.74) is 6.56. The fraction of sp³-hybridized carbons (Fsp3) is 0.286. The smallest absolute Gasteiger partial charge is 0.166 e. The molecule has 0 atom stereocenters. The van der Waals surface area contributed by atoms with Crippen LogP contribution in [-0.4, -0.2) is 23.1 Å². The molecule has 0 aliphatic rings. The van der Waals surface area contributed by atoms with E-state index in [2.05, 4.69) is 25.9 Å². The Bertz CT molecular complexity index is 550. The Morgan fingerprint density at radius 2 is 2.20 bits per heavy atom. The van der Waals surface area contributed by atoms with Crippen molar-refractivity contribution in [1.82, 2.24) is 9.97 Å². The molecule has 0 aliphatic heterocycles. The maximum Gasteiger partial charge on any atom is 0.166 e. The molecule has 0 fully saturated rings. The van der Waals surface area contributed by atoms with Crippen LogP contribution in [0, 0.1) is 5.82 Å². The summed E-state index contributed by atoms with van der Waals surface area (Å²) in [6.07, 6.45) is 5.85. The lowest BCUT2D eigenvalue weighted by Gasteiger charge is -2.24. The lowest BCUT2D eigenvalue weighted by atomic mass is 10.2. The van der Waals surface area contributed by atoms with Gasteiger partial charge in [-0.05, 0) is 46.6 Å². The van der Waals surface area contributed by atoms with Crippen molar-refractivity contribution in [3.05, 3.63) is 52.6 Å². The van der Waals surface area contributed by atoms with Crippen molar-refractivity contribution in [2.24, 2.45) is 5.73 Å². The van der Waals surface area contributed by atoms with E-state index in [0.717, 1.165) is 12.0 Å². The summed E-state index contributed by atoms with van der Waals surface area (Å²) >= 11 is 3.21. The molecule has 106 valence electrons. The summed E-state index contributed by atoms with van der Waals surface area (Å²) in [6.45, 7) is 1.76. The van der Waals surface area contributed by atoms with Crippen LogP contribution in [0.25, 0.3) is 0 Å². The Labute approximate surface area is 126 Å². The molecular formula is C14H16BrFN4. The molecule has 0 aliphatic carbocycles. The van der Waals surface area contributed by atoms with Gasteiger partial charge in [0.25, 0.3) is 0 Å². The highest BCUT2D eigenvalue weighted by atomic mass is 79.9. The van der Waals surface area contributed by atoms with Crippen molar-refractivity contribution in [3.8, 4) is 0 Å². The van der Waals surface area contributed by atoms with Gasteiger partial charge in [0.2, 0.25) is 0 Å². The number of hydrogen-bond donors (Lipinski definition) is 1. The second-order valence-corrected chi connectivity index (χ2v) is 5.30. The number of anilines is 1. The molecule has 0 aromatic carbocycles. The SMILES string of the molecule is NCCCN(Cc1cccnc1)c1ncc(Br)cc1F. The molecule has 0 unspecified atom stereocenters. The summed E-state index contributed by atoms with van der Waals surface area (Å²) in [6, 6.07) is 5.24. The van der Waals surface area contributed by atoms with Gasteiger partial charge in [-0.15, -0.1) is 0 Å². The summed E-state index contributed by atoms with van der Waals surface area (Å²) in [7, 11) is 0. The molecule has 0 saturated carbocycles. The predicted octanol–water partition coefficient (Wildman–Crippen LogP) is 2.73. The van der Waals surface area contributed by atoms with Gasteiger partial charge in [-0.25, -0.2) is 9.37 Å². The molecule has 2 rings (SSSR count). The van der Waals surface area contributed by atoms with Crippen molar-refractivity contribution in [2.75, 3.05) is 18.0 Å². The third-order valence-electron chi connectivity index (χ3n) is 2.82. The Kier molecular flexibility index (Phi) is 5.43. The minimum atomic E-state index is -0.347. The van der Waals surface area contributed by atoms with Crippen LogP contribution < -0.4 is 10.6 Å². The first-order chi connectivity index (χ1) is 9.70. The van der Waals surface area contributed by atoms with Gasteiger partial charge >= 0.3 is 0 Å². The van der Waals surface area contributed by atoms with Gasteiger partial charge in [-0.1, -0.05) is 6.07 Å². The molecule has 0 bridgehead atoms. The Morgan fingerprint density at radius 3 is 2.85 bits per heavy atom. The van der Waals surface area contributed by atoms with Crippen molar-refractivity contribution < 1.29 is 4.39 Å². The number of nitrogens with two attached hydrogens (primary N) is 1. The van der Waals surface area contributed by atoms with E-state index in [4.69, 9.17) is 5.73 Å². The topological polar surface area (TPSA) is 55.0 Å². The third kappa shape index (κ3) is 3.98. The average molecular weight is 339 g/mol. The minimum Gasteiger partial charge on any atom is -0.350 e. The van der Waals surface area contributed by atoms with Crippen LogP contribution in [0.1, 0.15) is 12.0 Å². The van der Waals surface area contributed by atoms with Gasteiger partial charge in [-0.2, -0.15) is 0 Å². The van der Waals surface area contributed by atoms with E-state index >= 15 is 0 Å².